The van der Waals surface area contributed by atoms with E-state index in [4.69, 9.17) is 7.98 Å². The molecule has 1 aromatic heterocycles. The summed E-state index contributed by atoms with van der Waals surface area (Å²) in [4.78, 5) is 15.4. The van der Waals surface area contributed by atoms with E-state index in [0.29, 0.717) is 5.82 Å². The fraction of sp³-hybridized carbons (Fsp3) is 0.600. The van der Waals surface area contributed by atoms with E-state index in [1.807, 2.05) is 7.05 Å². The maximum atomic E-state index is 12.1. The molecule has 2 radical (unpaired) electrons. The molecular formula is C10H15BN4O. The molecule has 6 heteroatoms. The van der Waals surface area contributed by atoms with Crippen LogP contribution >= 0.6 is 0 Å². The fourth-order valence-electron chi connectivity index (χ4n) is 2.05. The number of rotatable bonds is 2. The van der Waals surface area contributed by atoms with Gasteiger partial charge < -0.3 is 9.71 Å². The Morgan fingerprint density at radius 1 is 1.62 bits per heavy atom. The Kier molecular flexibility index (Phi) is 3.00. The summed E-state index contributed by atoms with van der Waals surface area (Å²) in [6.07, 6.45) is 2.50. The molecule has 1 atom stereocenters. The highest BCUT2D eigenvalue weighted by molar-refractivity contribution is 6.30. The smallest absolute Gasteiger partial charge is 0.240 e. The van der Waals surface area contributed by atoms with E-state index in [9.17, 15) is 4.79 Å². The molecule has 2 rings (SSSR count). The largest absolute Gasteiger partial charge is 0.354 e. The second-order valence-electron chi connectivity index (χ2n) is 4.27. The second-order valence-corrected chi connectivity index (χ2v) is 4.27. The van der Waals surface area contributed by atoms with Crippen LogP contribution in [0.2, 0.25) is 0 Å². The Morgan fingerprint density at radius 2 is 2.38 bits per heavy atom. The molecule has 5 nitrogen and oxygen atoms in total. The van der Waals surface area contributed by atoms with E-state index < -0.39 is 0 Å². The van der Waals surface area contributed by atoms with Gasteiger partial charge in [0.05, 0.1) is 12.1 Å². The summed E-state index contributed by atoms with van der Waals surface area (Å²) in [5.74, 6) is 0.595. The van der Waals surface area contributed by atoms with Gasteiger partial charge in [0.15, 0.2) is 0 Å². The zero-order chi connectivity index (χ0) is 11.7. The minimum atomic E-state index is -0.0343. The highest BCUT2D eigenvalue weighted by Gasteiger charge is 2.29. The summed E-state index contributed by atoms with van der Waals surface area (Å²) in [6, 6.07) is 1.73. The minimum absolute atomic E-state index is 0.00454. The topological polar surface area (TPSA) is 41.4 Å². The van der Waals surface area contributed by atoms with Gasteiger partial charge in [-0.2, -0.15) is 5.10 Å². The van der Waals surface area contributed by atoms with Crippen molar-refractivity contribution in [1.82, 2.24) is 14.7 Å². The molecule has 1 aromatic rings. The average Bonchev–Trinajstić information content (AvgIpc) is 2.85. The number of aryl methyl sites for hydroxylation is 1. The Hall–Kier alpha value is -1.30. The molecule has 1 fully saturated rings. The molecule has 1 amide bonds. The number of carbonyl (C=O) groups excluding carboxylic acids is 1. The van der Waals surface area contributed by atoms with Crippen molar-refractivity contribution in [1.29, 1.82) is 0 Å². The van der Waals surface area contributed by atoms with Crippen molar-refractivity contribution in [2.24, 2.45) is 13.0 Å². The number of carbonyl (C=O) groups is 1. The van der Waals surface area contributed by atoms with Crippen LogP contribution in [0, 0.1) is 5.92 Å². The molecule has 84 valence electrons. The van der Waals surface area contributed by atoms with Crippen molar-refractivity contribution < 1.29 is 4.79 Å². The molecule has 1 aliphatic rings. The van der Waals surface area contributed by atoms with Crippen molar-refractivity contribution in [3.63, 3.8) is 0 Å². The quantitative estimate of drug-likeness (QED) is 0.645. The van der Waals surface area contributed by atoms with Crippen LogP contribution in [0.4, 0.5) is 5.82 Å². The highest BCUT2D eigenvalue weighted by atomic mass is 16.2. The number of anilines is 1. The van der Waals surface area contributed by atoms with Crippen molar-refractivity contribution >= 4 is 19.7 Å². The lowest BCUT2D eigenvalue weighted by Gasteiger charge is -2.21. The summed E-state index contributed by atoms with van der Waals surface area (Å²) in [5, 5.41) is 3.99. The van der Waals surface area contributed by atoms with Crippen LogP contribution in [0.25, 0.3) is 0 Å². The van der Waals surface area contributed by atoms with Crippen LogP contribution in [0.15, 0.2) is 12.3 Å². The van der Waals surface area contributed by atoms with Gasteiger partial charge in [0, 0.05) is 13.6 Å². The number of aromatic nitrogens is 2. The van der Waals surface area contributed by atoms with Gasteiger partial charge in [-0.1, -0.05) is 0 Å². The molecule has 1 aliphatic heterocycles. The fourth-order valence-corrected chi connectivity index (χ4v) is 2.05. The van der Waals surface area contributed by atoms with Crippen molar-refractivity contribution in [3.8, 4) is 0 Å². The maximum Gasteiger partial charge on any atom is 0.240 e. The van der Waals surface area contributed by atoms with Crippen molar-refractivity contribution in [3.05, 3.63) is 12.3 Å². The lowest BCUT2D eigenvalue weighted by atomic mass is 10.1. The summed E-state index contributed by atoms with van der Waals surface area (Å²) in [7, 11) is 9.59. The lowest BCUT2D eigenvalue weighted by molar-refractivity contribution is -0.120. The van der Waals surface area contributed by atoms with E-state index in [1.165, 1.54) is 4.81 Å². The van der Waals surface area contributed by atoms with Gasteiger partial charge in [0.1, 0.15) is 5.82 Å². The molecule has 2 heterocycles. The van der Waals surface area contributed by atoms with Crippen molar-refractivity contribution in [2.75, 3.05) is 24.9 Å². The molecule has 0 N–H and O–H groups in total. The van der Waals surface area contributed by atoms with E-state index in [1.54, 1.807) is 24.0 Å². The van der Waals surface area contributed by atoms with Gasteiger partial charge in [-0.15, -0.1) is 0 Å². The Bertz CT molecular complexity index is 392. The molecule has 0 aliphatic carbocycles. The standard InChI is InChI=1S/C10H15BN4O/c1-13-6-4-8(7-13)10(16)15(11)9-3-5-12-14(9)2/h3,5,8H,4,6-7H2,1-2H3. The maximum absolute atomic E-state index is 12.1. The first-order valence-corrected chi connectivity index (χ1v) is 5.35. The van der Waals surface area contributed by atoms with Crippen LogP contribution in [0.5, 0.6) is 0 Å². The zero-order valence-electron chi connectivity index (χ0n) is 9.63. The van der Waals surface area contributed by atoms with Gasteiger partial charge in [0.25, 0.3) is 0 Å². The molecule has 1 saturated heterocycles. The van der Waals surface area contributed by atoms with Crippen LogP contribution in [0.1, 0.15) is 6.42 Å². The number of nitrogens with zero attached hydrogens (tertiary/aromatic N) is 4. The average molecular weight is 218 g/mol. The second kappa shape index (κ2) is 4.29. The van der Waals surface area contributed by atoms with Crippen LogP contribution in [-0.4, -0.2) is 48.7 Å². The first-order valence-electron chi connectivity index (χ1n) is 5.35. The third kappa shape index (κ3) is 1.97. The first kappa shape index (κ1) is 11.2. The normalized spacial score (nSPS) is 21.2. The predicted molar refractivity (Wildman–Crippen MR) is 62.1 cm³/mol. The number of likely N-dealkylation sites (tertiary alicyclic amines) is 1. The highest BCUT2D eigenvalue weighted by Crippen LogP contribution is 2.19. The van der Waals surface area contributed by atoms with E-state index in [-0.39, 0.29) is 11.8 Å². The van der Waals surface area contributed by atoms with Gasteiger partial charge >= 0.3 is 0 Å². The first-order chi connectivity index (χ1) is 7.59. The molecule has 0 aromatic carbocycles. The predicted octanol–water partition coefficient (Wildman–Crippen LogP) is -0.212. The SMILES string of the molecule is [B]N(C(=O)C1CCN(C)C1)c1ccnn1C. The van der Waals surface area contributed by atoms with E-state index >= 15 is 0 Å². The Balaban J connectivity index is 2.08. The third-order valence-corrected chi connectivity index (χ3v) is 3.02. The molecule has 1 unspecified atom stereocenters. The number of hydrogen-bond donors (Lipinski definition) is 0. The van der Waals surface area contributed by atoms with Crippen molar-refractivity contribution in [2.45, 2.75) is 6.42 Å². The van der Waals surface area contributed by atoms with Gasteiger partial charge in [0.2, 0.25) is 13.9 Å². The van der Waals surface area contributed by atoms with Gasteiger partial charge in [-0.05, 0) is 26.1 Å². The van der Waals surface area contributed by atoms with E-state index in [2.05, 4.69) is 10.00 Å². The molecular weight excluding hydrogens is 203 g/mol. The lowest BCUT2D eigenvalue weighted by Crippen LogP contribution is -2.36. The summed E-state index contributed by atoms with van der Waals surface area (Å²) in [6.45, 7) is 1.74. The third-order valence-electron chi connectivity index (χ3n) is 3.02. The summed E-state index contributed by atoms with van der Waals surface area (Å²) >= 11 is 0. The Labute approximate surface area is 96.4 Å². The van der Waals surface area contributed by atoms with Gasteiger partial charge in [-0.25, -0.2) is 0 Å². The minimum Gasteiger partial charge on any atom is -0.354 e. The van der Waals surface area contributed by atoms with E-state index in [0.717, 1.165) is 19.5 Å². The summed E-state index contributed by atoms with van der Waals surface area (Å²) in [5.41, 5.74) is 0. The number of hydrogen-bond acceptors (Lipinski definition) is 3. The molecule has 0 saturated carbocycles. The monoisotopic (exact) mass is 218 g/mol. The van der Waals surface area contributed by atoms with Gasteiger partial charge in [-0.3, -0.25) is 9.48 Å². The molecule has 0 spiro atoms. The summed E-state index contributed by atoms with van der Waals surface area (Å²) < 4.78 is 1.59. The van der Waals surface area contributed by atoms with Crippen LogP contribution in [0.3, 0.4) is 0 Å². The number of amides is 1. The zero-order valence-corrected chi connectivity index (χ0v) is 9.63. The van der Waals surface area contributed by atoms with Crippen LogP contribution < -0.4 is 4.81 Å². The molecule has 0 bridgehead atoms. The molecule has 16 heavy (non-hydrogen) atoms. The Morgan fingerprint density at radius 3 is 2.88 bits per heavy atom. The van der Waals surface area contributed by atoms with Crippen LogP contribution in [-0.2, 0) is 11.8 Å².